The monoisotopic (exact) mass is 718 g/mol. The Kier molecular flexibility index (Phi) is 6.98. The highest BCUT2D eigenvalue weighted by atomic mass is 15.1. The van der Waals surface area contributed by atoms with Crippen molar-refractivity contribution < 1.29 is 0 Å². The van der Waals surface area contributed by atoms with Gasteiger partial charge in [-0.25, -0.2) is 0 Å². The number of hydrogen-bond acceptors (Lipinski definition) is 1. The zero-order valence-corrected chi connectivity index (χ0v) is 32.2. The van der Waals surface area contributed by atoms with Crippen LogP contribution in [0.2, 0.25) is 0 Å². The molecule has 1 heterocycles. The highest BCUT2D eigenvalue weighted by molar-refractivity contribution is 6.09. The molecule has 0 unspecified atom stereocenters. The molecule has 0 bridgehead atoms. The van der Waals surface area contributed by atoms with Gasteiger partial charge in [0.25, 0.3) is 0 Å². The summed E-state index contributed by atoms with van der Waals surface area (Å²) in [6, 6.07) is 67.5. The molecule has 56 heavy (non-hydrogen) atoms. The molecule has 268 valence electrons. The minimum atomic E-state index is -0.115. The lowest BCUT2D eigenvalue weighted by molar-refractivity contribution is 0.660. The van der Waals surface area contributed by atoms with Crippen LogP contribution in [0.4, 0.5) is 17.1 Å². The Bertz CT molecular complexity index is 2890. The molecule has 0 atom stereocenters. The molecule has 0 fully saturated rings. The van der Waals surface area contributed by atoms with Crippen LogP contribution < -0.4 is 4.90 Å². The van der Waals surface area contributed by atoms with E-state index in [0.717, 1.165) is 11.4 Å². The van der Waals surface area contributed by atoms with Gasteiger partial charge in [-0.1, -0.05) is 161 Å². The summed E-state index contributed by atoms with van der Waals surface area (Å²) in [5.74, 6) is 0. The number of anilines is 3. The lowest BCUT2D eigenvalue weighted by atomic mass is 9.82. The van der Waals surface area contributed by atoms with Crippen molar-refractivity contribution in [3.05, 3.63) is 204 Å². The first-order valence-corrected chi connectivity index (χ1v) is 19.8. The van der Waals surface area contributed by atoms with Gasteiger partial charge in [0, 0.05) is 44.1 Å². The van der Waals surface area contributed by atoms with Crippen LogP contribution in [-0.4, -0.2) is 4.57 Å². The van der Waals surface area contributed by atoms with Gasteiger partial charge in [-0.15, -0.1) is 0 Å². The van der Waals surface area contributed by atoms with Gasteiger partial charge in [0.2, 0.25) is 0 Å². The summed E-state index contributed by atoms with van der Waals surface area (Å²) >= 11 is 0. The third-order valence-corrected chi connectivity index (χ3v) is 12.8. The van der Waals surface area contributed by atoms with E-state index in [4.69, 9.17) is 0 Å². The quantitative estimate of drug-likeness (QED) is 0.172. The summed E-state index contributed by atoms with van der Waals surface area (Å²) in [6.07, 6.45) is 0. The normalized spacial score (nSPS) is 14.4. The van der Waals surface area contributed by atoms with E-state index < -0.39 is 0 Å². The first-order chi connectivity index (χ1) is 27.3. The van der Waals surface area contributed by atoms with E-state index in [1.807, 2.05) is 0 Å². The highest BCUT2D eigenvalue weighted by Gasteiger charge is 2.40. The molecule has 2 heteroatoms. The summed E-state index contributed by atoms with van der Waals surface area (Å²) in [5.41, 5.74) is 20.0. The van der Waals surface area contributed by atoms with Crippen LogP contribution in [0.1, 0.15) is 49.9 Å². The molecule has 0 radical (unpaired) electrons. The van der Waals surface area contributed by atoms with Crippen molar-refractivity contribution in [3.63, 3.8) is 0 Å². The second kappa shape index (κ2) is 11.9. The molecule has 1 aromatic heterocycles. The maximum Gasteiger partial charge on any atom is 0.0543 e. The fraction of sp³-hybridized carbons (Fsp3) is 0.111. The first kappa shape index (κ1) is 32.8. The number of aromatic nitrogens is 1. The summed E-state index contributed by atoms with van der Waals surface area (Å²) in [5, 5.41) is 2.54. The number of fused-ring (bicyclic) bond motifs is 9. The molecular weight excluding hydrogens is 677 g/mol. The standard InChI is InChI=1S/C54H42N2/c1-53(2)43-25-9-5-23-41(43)51-45(53)27-15-31-49(51)56(50-32-16-28-46-52(50)42-24-6-10-26-44(42)54(46,3)4)38-20-14-18-36(34-38)35-17-13-19-37(33-35)55-47-29-11-7-21-39(47)40-22-8-12-30-48(40)55/h5-34H,1-4H3. The number of rotatable bonds is 5. The van der Waals surface area contributed by atoms with Gasteiger partial charge in [0.1, 0.15) is 0 Å². The van der Waals surface area contributed by atoms with E-state index in [0.29, 0.717) is 0 Å². The predicted molar refractivity (Wildman–Crippen MR) is 236 cm³/mol. The van der Waals surface area contributed by atoms with Gasteiger partial charge in [-0.2, -0.15) is 0 Å². The van der Waals surface area contributed by atoms with Crippen LogP contribution in [0.15, 0.2) is 182 Å². The van der Waals surface area contributed by atoms with Crippen molar-refractivity contribution in [2.45, 2.75) is 38.5 Å². The number of benzene rings is 8. The van der Waals surface area contributed by atoms with Crippen molar-refractivity contribution in [2.75, 3.05) is 4.90 Å². The number of hydrogen-bond donors (Lipinski definition) is 0. The number of para-hydroxylation sites is 2. The average Bonchev–Trinajstić information content (AvgIpc) is 3.79. The Morgan fingerprint density at radius 2 is 0.839 bits per heavy atom. The van der Waals surface area contributed by atoms with Gasteiger partial charge < -0.3 is 9.47 Å². The molecule has 0 saturated heterocycles. The fourth-order valence-electron chi connectivity index (χ4n) is 10.1. The average molecular weight is 719 g/mol. The van der Waals surface area contributed by atoms with Crippen LogP contribution in [-0.2, 0) is 10.8 Å². The summed E-state index contributed by atoms with van der Waals surface area (Å²) in [7, 11) is 0. The zero-order valence-electron chi connectivity index (χ0n) is 32.2. The van der Waals surface area contributed by atoms with E-state index in [2.05, 4.69) is 219 Å². The van der Waals surface area contributed by atoms with E-state index in [9.17, 15) is 0 Å². The van der Waals surface area contributed by atoms with Gasteiger partial charge in [0.05, 0.1) is 22.4 Å². The molecule has 2 nitrogen and oxygen atoms in total. The van der Waals surface area contributed by atoms with Crippen LogP contribution in [0.5, 0.6) is 0 Å². The molecule has 2 aliphatic carbocycles. The van der Waals surface area contributed by atoms with Gasteiger partial charge in [0.15, 0.2) is 0 Å². The SMILES string of the molecule is CC1(C)c2ccccc2-c2c(N(c3cccc(-c4cccc(-n5c6ccccc6c6ccccc65)c4)c3)c3cccc4c3-c3ccccc3C4(C)C)cccc21. The van der Waals surface area contributed by atoms with Crippen molar-refractivity contribution in [3.8, 4) is 39.1 Å². The Morgan fingerprint density at radius 1 is 0.393 bits per heavy atom. The molecule has 11 rings (SSSR count). The third-order valence-electron chi connectivity index (χ3n) is 12.8. The summed E-state index contributed by atoms with van der Waals surface area (Å²) in [4.78, 5) is 2.55. The summed E-state index contributed by atoms with van der Waals surface area (Å²) < 4.78 is 2.41. The van der Waals surface area contributed by atoms with E-state index in [1.165, 1.54) is 88.8 Å². The lowest BCUT2D eigenvalue weighted by Crippen LogP contribution is -2.17. The van der Waals surface area contributed by atoms with E-state index in [1.54, 1.807) is 0 Å². The molecule has 0 aliphatic heterocycles. The largest absolute Gasteiger partial charge is 0.309 e. The first-order valence-electron chi connectivity index (χ1n) is 19.8. The summed E-state index contributed by atoms with van der Waals surface area (Å²) in [6.45, 7) is 9.48. The molecule has 0 spiro atoms. The van der Waals surface area contributed by atoms with Gasteiger partial charge >= 0.3 is 0 Å². The fourth-order valence-corrected chi connectivity index (χ4v) is 10.1. The minimum Gasteiger partial charge on any atom is -0.309 e. The maximum absolute atomic E-state index is 2.55. The van der Waals surface area contributed by atoms with E-state index in [-0.39, 0.29) is 10.8 Å². The Morgan fingerprint density at radius 3 is 1.41 bits per heavy atom. The second-order valence-corrected chi connectivity index (χ2v) is 16.5. The molecule has 2 aliphatic rings. The number of nitrogens with zero attached hydrogens (tertiary/aromatic N) is 2. The van der Waals surface area contributed by atoms with Crippen molar-refractivity contribution in [1.29, 1.82) is 0 Å². The molecular formula is C54H42N2. The van der Waals surface area contributed by atoms with Crippen LogP contribution >= 0.6 is 0 Å². The molecule has 9 aromatic rings. The highest BCUT2D eigenvalue weighted by Crippen LogP contribution is 2.58. The van der Waals surface area contributed by atoms with Crippen LogP contribution in [0.25, 0.3) is 60.9 Å². The van der Waals surface area contributed by atoms with E-state index >= 15 is 0 Å². The molecule has 0 saturated carbocycles. The van der Waals surface area contributed by atoms with Crippen molar-refractivity contribution in [2.24, 2.45) is 0 Å². The Balaban J connectivity index is 1.14. The zero-order chi connectivity index (χ0) is 37.8. The molecule has 0 amide bonds. The van der Waals surface area contributed by atoms with Crippen LogP contribution in [0, 0.1) is 0 Å². The topological polar surface area (TPSA) is 8.17 Å². The smallest absolute Gasteiger partial charge is 0.0543 e. The minimum absolute atomic E-state index is 0.115. The third kappa shape index (κ3) is 4.56. The predicted octanol–water partition coefficient (Wildman–Crippen LogP) is 14.5. The molecule has 8 aromatic carbocycles. The molecule has 0 N–H and O–H groups in total. The lowest BCUT2D eigenvalue weighted by Gasteiger charge is -2.31. The Labute approximate surface area is 328 Å². The second-order valence-electron chi connectivity index (χ2n) is 16.5. The van der Waals surface area contributed by atoms with Gasteiger partial charge in [-0.05, 0) is 93.0 Å². The van der Waals surface area contributed by atoms with Crippen molar-refractivity contribution in [1.82, 2.24) is 4.57 Å². The van der Waals surface area contributed by atoms with Crippen molar-refractivity contribution >= 4 is 38.9 Å². The van der Waals surface area contributed by atoms with Crippen LogP contribution in [0.3, 0.4) is 0 Å². The Hall–Kier alpha value is -6.64. The van der Waals surface area contributed by atoms with Gasteiger partial charge in [-0.3, -0.25) is 0 Å². The maximum atomic E-state index is 2.55.